The summed E-state index contributed by atoms with van der Waals surface area (Å²) >= 11 is 5.56. The highest BCUT2D eigenvalue weighted by atomic mass is 32.1. The van der Waals surface area contributed by atoms with Gasteiger partial charge in [-0.3, -0.25) is 10.1 Å². The van der Waals surface area contributed by atoms with E-state index in [-0.39, 0.29) is 22.1 Å². The predicted molar refractivity (Wildman–Crippen MR) is 115 cm³/mol. The minimum atomic E-state index is -0.502. The number of hydrogen-bond donors (Lipinski definition) is 1. The van der Waals surface area contributed by atoms with Crippen LogP contribution in [0.25, 0.3) is 11.5 Å². The van der Waals surface area contributed by atoms with Crippen molar-refractivity contribution in [3.8, 4) is 0 Å². The smallest absolute Gasteiger partial charge is 0.269 e. The van der Waals surface area contributed by atoms with Crippen molar-refractivity contribution in [3.05, 3.63) is 100 Å². The van der Waals surface area contributed by atoms with E-state index in [2.05, 4.69) is 12.2 Å². The third kappa shape index (κ3) is 4.83. The first-order valence-corrected chi connectivity index (χ1v) is 9.43. The van der Waals surface area contributed by atoms with Gasteiger partial charge in [-0.25, -0.2) is 0 Å². The van der Waals surface area contributed by atoms with Crippen molar-refractivity contribution in [2.24, 2.45) is 0 Å². The summed E-state index contributed by atoms with van der Waals surface area (Å²) in [6.07, 6.45) is 4.35. The molecule has 1 N–H and O–H groups in total. The highest BCUT2D eigenvalue weighted by Crippen LogP contribution is 2.20. The van der Waals surface area contributed by atoms with Crippen LogP contribution in [0.15, 0.2) is 79.1 Å². The Hall–Kier alpha value is -3.58. The van der Waals surface area contributed by atoms with Crippen LogP contribution < -0.4 is 15.0 Å². The largest absolute Gasteiger partial charge is 0.867 e. The number of non-ortho nitro benzene ring substituents is 1. The first-order chi connectivity index (χ1) is 14.0. The summed E-state index contributed by atoms with van der Waals surface area (Å²) in [5.74, 6) is -0.333. The van der Waals surface area contributed by atoms with Crippen LogP contribution in [0.1, 0.15) is 18.1 Å². The third-order valence-electron chi connectivity index (χ3n) is 4.34. The van der Waals surface area contributed by atoms with Crippen LogP contribution in [0.4, 0.5) is 11.4 Å². The van der Waals surface area contributed by atoms with Gasteiger partial charge in [0.25, 0.3) is 5.69 Å². The van der Waals surface area contributed by atoms with Crippen LogP contribution in [0.3, 0.4) is 0 Å². The van der Waals surface area contributed by atoms with E-state index in [1.807, 2.05) is 30.3 Å². The lowest BCUT2D eigenvalue weighted by Crippen LogP contribution is -2.39. The highest BCUT2D eigenvalue weighted by molar-refractivity contribution is 7.81. The first kappa shape index (κ1) is 20.2. The van der Waals surface area contributed by atoms with Gasteiger partial charge < -0.3 is 10.4 Å². The van der Waals surface area contributed by atoms with E-state index in [1.54, 1.807) is 29.1 Å². The molecule has 0 saturated carbocycles. The SMILES string of the molecule is CCc1cccc(NC(=S)C(=C([O-])c2ccc([N+](=O)[O-])cc2)[n+]2ccccc2)c1. The average molecular weight is 405 g/mol. The fourth-order valence-corrected chi connectivity index (χ4v) is 3.13. The molecular weight excluding hydrogens is 386 g/mol. The van der Waals surface area contributed by atoms with Crippen LogP contribution in [-0.4, -0.2) is 9.91 Å². The molecule has 0 spiro atoms. The lowest BCUT2D eigenvalue weighted by molar-refractivity contribution is -0.577. The van der Waals surface area contributed by atoms with Crippen LogP contribution in [-0.2, 0) is 6.42 Å². The Morgan fingerprint density at radius 1 is 1.07 bits per heavy atom. The van der Waals surface area contributed by atoms with Gasteiger partial charge in [-0.05, 0) is 47.6 Å². The van der Waals surface area contributed by atoms with E-state index in [1.165, 1.54) is 24.3 Å². The summed E-state index contributed by atoms with van der Waals surface area (Å²) < 4.78 is 1.64. The van der Waals surface area contributed by atoms with Gasteiger partial charge in [0.05, 0.1) is 4.92 Å². The van der Waals surface area contributed by atoms with E-state index >= 15 is 0 Å². The second-order valence-corrected chi connectivity index (χ2v) is 6.68. The Morgan fingerprint density at radius 2 is 1.76 bits per heavy atom. The molecule has 0 aliphatic heterocycles. The molecule has 3 aromatic rings. The fraction of sp³-hybridized carbons (Fsp3) is 0.0909. The molecule has 3 rings (SSSR count). The number of nitro benzene ring substituents is 1. The number of nitrogens with zero attached hydrogens (tertiary/aromatic N) is 2. The molecule has 2 aromatic carbocycles. The van der Waals surface area contributed by atoms with Crippen molar-refractivity contribution in [1.82, 2.24) is 0 Å². The number of nitrogens with one attached hydrogen (secondary N) is 1. The topological polar surface area (TPSA) is 82.1 Å². The van der Waals surface area contributed by atoms with Crippen molar-refractivity contribution >= 4 is 40.0 Å². The molecule has 0 aliphatic carbocycles. The van der Waals surface area contributed by atoms with Gasteiger partial charge in [-0.2, -0.15) is 4.57 Å². The molecule has 0 atom stereocenters. The van der Waals surface area contributed by atoms with E-state index < -0.39 is 4.92 Å². The van der Waals surface area contributed by atoms with Gasteiger partial charge in [-0.15, -0.1) is 0 Å². The summed E-state index contributed by atoms with van der Waals surface area (Å²) in [5, 5.41) is 27.2. The van der Waals surface area contributed by atoms with Crippen LogP contribution in [0.2, 0.25) is 0 Å². The summed E-state index contributed by atoms with van der Waals surface area (Å²) in [7, 11) is 0. The number of rotatable bonds is 6. The van der Waals surface area contributed by atoms with Gasteiger partial charge in [0.1, 0.15) is 0 Å². The second-order valence-electron chi connectivity index (χ2n) is 6.27. The zero-order chi connectivity index (χ0) is 20.8. The lowest BCUT2D eigenvalue weighted by atomic mass is 10.1. The minimum absolute atomic E-state index is 0.0763. The van der Waals surface area contributed by atoms with E-state index in [0.717, 1.165) is 17.7 Å². The Bertz CT molecular complexity index is 1060. The Balaban J connectivity index is 2.03. The maximum atomic E-state index is 13.2. The lowest BCUT2D eigenvalue weighted by Gasteiger charge is -2.17. The zero-order valence-corrected chi connectivity index (χ0v) is 16.6. The maximum absolute atomic E-state index is 13.2. The van der Waals surface area contributed by atoms with E-state index in [9.17, 15) is 15.2 Å². The second kappa shape index (κ2) is 9.07. The molecule has 0 saturated heterocycles. The quantitative estimate of drug-likeness (QED) is 0.169. The van der Waals surface area contributed by atoms with Gasteiger partial charge in [0, 0.05) is 30.0 Å². The van der Waals surface area contributed by atoms with Gasteiger partial charge in [-0.1, -0.05) is 37.3 Å². The molecule has 6 nitrogen and oxygen atoms in total. The van der Waals surface area contributed by atoms with Gasteiger partial charge in [0.15, 0.2) is 17.4 Å². The zero-order valence-electron chi connectivity index (χ0n) is 15.7. The summed E-state index contributed by atoms with van der Waals surface area (Å²) in [6.45, 7) is 2.06. The van der Waals surface area contributed by atoms with Crippen LogP contribution in [0, 0.1) is 10.1 Å². The number of hydrogen-bond acceptors (Lipinski definition) is 4. The third-order valence-corrected chi connectivity index (χ3v) is 4.63. The standard InChI is InChI=1S/C22H19N3O3S/c1-2-16-7-6-8-18(15-16)23-22(29)20(24-13-4-3-5-14-24)21(26)17-9-11-19(12-10-17)25(27)28/h3-15H,2H2,1H3,(H-,23,26,29). The number of aryl methyl sites for hydroxylation is 1. The molecule has 0 unspecified atom stereocenters. The molecule has 7 heteroatoms. The van der Waals surface area contributed by atoms with Gasteiger partial charge in [0.2, 0.25) is 5.70 Å². The molecule has 146 valence electrons. The molecular formula is C22H19N3O3S. The average Bonchev–Trinajstić information content (AvgIpc) is 2.74. The van der Waals surface area contributed by atoms with E-state index in [0.29, 0.717) is 5.56 Å². The molecule has 0 bridgehead atoms. The van der Waals surface area contributed by atoms with Crippen molar-refractivity contribution in [2.45, 2.75) is 13.3 Å². The molecule has 29 heavy (non-hydrogen) atoms. The first-order valence-electron chi connectivity index (χ1n) is 9.02. The summed E-state index contributed by atoms with van der Waals surface area (Å²) in [6, 6.07) is 18.7. The van der Waals surface area contributed by atoms with Crippen molar-refractivity contribution < 1.29 is 14.6 Å². The Labute approximate surface area is 173 Å². The monoisotopic (exact) mass is 405 g/mol. The minimum Gasteiger partial charge on any atom is -0.867 e. The van der Waals surface area contributed by atoms with Crippen LogP contribution >= 0.6 is 12.2 Å². The Kier molecular flexibility index (Phi) is 6.31. The molecule has 0 aliphatic rings. The normalized spacial score (nSPS) is 11.5. The number of thiocarbonyl (C=S) groups is 1. The maximum Gasteiger partial charge on any atom is 0.269 e. The number of benzene rings is 2. The number of nitro groups is 1. The molecule has 1 heterocycles. The summed E-state index contributed by atoms with van der Waals surface area (Å²) in [4.78, 5) is 10.6. The van der Waals surface area contributed by atoms with Gasteiger partial charge >= 0.3 is 0 Å². The fourth-order valence-electron chi connectivity index (χ4n) is 2.82. The number of anilines is 1. The molecule has 0 amide bonds. The van der Waals surface area contributed by atoms with E-state index in [4.69, 9.17) is 12.2 Å². The number of aromatic nitrogens is 1. The highest BCUT2D eigenvalue weighted by Gasteiger charge is 2.19. The van der Waals surface area contributed by atoms with Crippen molar-refractivity contribution in [2.75, 3.05) is 5.32 Å². The Morgan fingerprint density at radius 3 is 2.38 bits per heavy atom. The van der Waals surface area contributed by atoms with Crippen molar-refractivity contribution in [1.29, 1.82) is 0 Å². The predicted octanol–water partition coefficient (Wildman–Crippen LogP) is 3.57. The molecule has 0 fully saturated rings. The molecule has 1 aromatic heterocycles. The van der Waals surface area contributed by atoms with Crippen LogP contribution in [0.5, 0.6) is 0 Å². The van der Waals surface area contributed by atoms with Crippen molar-refractivity contribution in [3.63, 3.8) is 0 Å². The summed E-state index contributed by atoms with van der Waals surface area (Å²) in [5.41, 5.74) is 2.44. The number of pyridine rings is 1. The molecule has 0 radical (unpaired) electrons.